The molecule has 1 saturated heterocycles. The summed E-state index contributed by atoms with van der Waals surface area (Å²) in [5, 5.41) is -0.221. The molecule has 4 nitrogen and oxygen atoms in total. The number of hydrogen-bond acceptors (Lipinski definition) is 4. The second kappa shape index (κ2) is 8.10. The molecule has 0 spiro atoms. The molecule has 0 unspecified atom stereocenters. The van der Waals surface area contributed by atoms with E-state index < -0.39 is 0 Å². The van der Waals surface area contributed by atoms with Gasteiger partial charge in [0.1, 0.15) is 12.4 Å². The Morgan fingerprint density at radius 1 is 1.15 bits per heavy atom. The van der Waals surface area contributed by atoms with E-state index in [9.17, 15) is 9.59 Å². The summed E-state index contributed by atoms with van der Waals surface area (Å²) < 4.78 is 6.66. The third kappa shape index (κ3) is 4.19. The third-order valence-corrected chi connectivity index (χ3v) is 5.49. The minimum absolute atomic E-state index is 0.221. The monoisotopic (exact) mass is 431 g/mol. The van der Waals surface area contributed by atoms with Crippen molar-refractivity contribution in [1.82, 2.24) is 4.90 Å². The molecule has 0 saturated carbocycles. The number of thioether (sulfide) groups is 1. The van der Waals surface area contributed by atoms with Crippen molar-refractivity contribution >= 4 is 44.9 Å². The van der Waals surface area contributed by atoms with Crippen LogP contribution < -0.4 is 4.74 Å². The highest BCUT2D eigenvalue weighted by Gasteiger charge is 2.33. The van der Waals surface area contributed by atoms with Crippen LogP contribution in [0.15, 0.2) is 51.8 Å². The number of benzene rings is 2. The summed E-state index contributed by atoms with van der Waals surface area (Å²) in [5.41, 5.74) is 3.15. The fourth-order valence-corrected chi connectivity index (χ4v) is 3.91. The first-order chi connectivity index (χ1) is 12.5. The van der Waals surface area contributed by atoms with E-state index in [2.05, 4.69) is 35.0 Å². The molecule has 1 aliphatic rings. The molecular formula is C20H18BrNO3S. The molecular weight excluding hydrogens is 414 g/mol. The molecule has 134 valence electrons. The number of carbonyl (C=O) groups is 2. The van der Waals surface area contributed by atoms with Crippen LogP contribution in [0.2, 0.25) is 0 Å². The Morgan fingerprint density at radius 2 is 1.88 bits per heavy atom. The number of rotatable bonds is 5. The quantitative estimate of drug-likeness (QED) is 0.595. The first-order valence-electron chi connectivity index (χ1n) is 8.21. The maximum Gasteiger partial charge on any atom is 0.293 e. The van der Waals surface area contributed by atoms with Crippen molar-refractivity contribution in [3.05, 3.63) is 68.5 Å². The number of likely N-dealkylation sites (N-methyl/N-ethyl adjacent to an activating group) is 1. The maximum atomic E-state index is 12.2. The number of ether oxygens (including phenoxy) is 1. The molecule has 1 heterocycles. The van der Waals surface area contributed by atoms with Gasteiger partial charge in [0.2, 0.25) is 0 Å². The average Bonchev–Trinajstić information content (AvgIpc) is 2.88. The van der Waals surface area contributed by atoms with Crippen molar-refractivity contribution in [1.29, 1.82) is 0 Å². The first kappa shape index (κ1) is 18.7. The van der Waals surface area contributed by atoms with E-state index in [1.54, 1.807) is 13.0 Å². The summed E-state index contributed by atoms with van der Waals surface area (Å²) in [6, 6.07) is 13.8. The van der Waals surface area contributed by atoms with Crippen LogP contribution in [0.4, 0.5) is 4.79 Å². The van der Waals surface area contributed by atoms with Crippen LogP contribution in [0.25, 0.3) is 6.08 Å². The Kier molecular flexibility index (Phi) is 5.84. The highest BCUT2D eigenvalue weighted by molar-refractivity contribution is 9.10. The zero-order valence-electron chi connectivity index (χ0n) is 14.5. The number of imide groups is 1. The summed E-state index contributed by atoms with van der Waals surface area (Å²) in [6.07, 6.45) is 1.73. The number of aryl methyl sites for hydroxylation is 1. The van der Waals surface area contributed by atoms with Gasteiger partial charge in [-0.1, -0.05) is 35.9 Å². The van der Waals surface area contributed by atoms with Crippen molar-refractivity contribution < 1.29 is 14.3 Å². The molecule has 2 aromatic carbocycles. The number of amides is 2. The minimum atomic E-state index is -0.238. The molecule has 0 bridgehead atoms. The van der Waals surface area contributed by atoms with Crippen LogP contribution in [0, 0.1) is 6.92 Å². The Labute approximate surface area is 165 Å². The van der Waals surface area contributed by atoms with Gasteiger partial charge in [0, 0.05) is 6.54 Å². The molecule has 3 rings (SSSR count). The van der Waals surface area contributed by atoms with Gasteiger partial charge in [0.15, 0.2) is 0 Å². The largest absolute Gasteiger partial charge is 0.488 e. The van der Waals surface area contributed by atoms with Gasteiger partial charge >= 0.3 is 0 Å². The van der Waals surface area contributed by atoms with Crippen molar-refractivity contribution in [2.45, 2.75) is 20.5 Å². The summed E-state index contributed by atoms with van der Waals surface area (Å²) in [5.74, 6) is 0.489. The molecule has 0 radical (unpaired) electrons. The van der Waals surface area contributed by atoms with Crippen LogP contribution in [0.1, 0.15) is 23.6 Å². The van der Waals surface area contributed by atoms with Gasteiger partial charge in [0.25, 0.3) is 11.1 Å². The number of carbonyl (C=O) groups excluding carboxylic acids is 2. The molecule has 0 atom stereocenters. The molecule has 6 heteroatoms. The van der Waals surface area contributed by atoms with E-state index >= 15 is 0 Å². The van der Waals surface area contributed by atoms with Crippen LogP contribution in [0.5, 0.6) is 5.75 Å². The molecule has 1 aliphatic heterocycles. The fraction of sp³-hybridized carbons (Fsp3) is 0.200. The second-order valence-electron chi connectivity index (χ2n) is 5.89. The van der Waals surface area contributed by atoms with E-state index in [-0.39, 0.29) is 11.1 Å². The van der Waals surface area contributed by atoms with Crippen molar-refractivity contribution in [3.8, 4) is 5.75 Å². The third-order valence-electron chi connectivity index (χ3n) is 3.96. The molecule has 0 aromatic heterocycles. The standard InChI is InChI=1S/C20H18BrNO3S/c1-3-22-19(23)18(26-20(22)24)11-15-8-9-17(16(21)10-15)25-12-14-6-4-13(2)5-7-14/h4-11H,3,12H2,1-2H3/b18-11-. The van der Waals surface area contributed by atoms with Crippen LogP contribution in [0.3, 0.4) is 0 Å². The molecule has 1 fully saturated rings. The summed E-state index contributed by atoms with van der Waals surface area (Å²) in [4.78, 5) is 25.6. The molecule has 0 aliphatic carbocycles. The molecule has 0 N–H and O–H groups in total. The average molecular weight is 432 g/mol. The van der Waals surface area contributed by atoms with E-state index in [1.165, 1.54) is 10.5 Å². The predicted molar refractivity (Wildman–Crippen MR) is 108 cm³/mol. The topological polar surface area (TPSA) is 46.6 Å². The Morgan fingerprint density at radius 3 is 2.50 bits per heavy atom. The molecule has 26 heavy (non-hydrogen) atoms. The Hall–Kier alpha value is -2.05. The number of nitrogens with zero attached hydrogens (tertiary/aromatic N) is 1. The normalized spacial score (nSPS) is 15.8. The van der Waals surface area contributed by atoms with Gasteiger partial charge in [-0.25, -0.2) is 0 Å². The van der Waals surface area contributed by atoms with Gasteiger partial charge in [-0.15, -0.1) is 0 Å². The lowest BCUT2D eigenvalue weighted by molar-refractivity contribution is -0.122. The predicted octanol–water partition coefficient (Wildman–Crippen LogP) is 5.39. The van der Waals surface area contributed by atoms with Crippen LogP contribution >= 0.6 is 27.7 Å². The van der Waals surface area contributed by atoms with Crippen LogP contribution in [-0.2, 0) is 11.4 Å². The van der Waals surface area contributed by atoms with Gasteiger partial charge < -0.3 is 4.74 Å². The summed E-state index contributed by atoms with van der Waals surface area (Å²) in [6.45, 7) is 4.70. The number of halogens is 1. The molecule has 2 aromatic rings. The molecule has 2 amide bonds. The van der Waals surface area contributed by atoms with Gasteiger partial charge in [-0.2, -0.15) is 0 Å². The zero-order valence-corrected chi connectivity index (χ0v) is 16.9. The maximum absolute atomic E-state index is 12.2. The van der Waals surface area contributed by atoms with Crippen molar-refractivity contribution in [2.24, 2.45) is 0 Å². The highest BCUT2D eigenvalue weighted by atomic mass is 79.9. The van der Waals surface area contributed by atoms with E-state index in [4.69, 9.17) is 4.74 Å². The van der Waals surface area contributed by atoms with E-state index in [1.807, 2.05) is 30.3 Å². The smallest absolute Gasteiger partial charge is 0.293 e. The lowest BCUT2D eigenvalue weighted by Crippen LogP contribution is -2.27. The lowest BCUT2D eigenvalue weighted by atomic mass is 10.1. The Balaban J connectivity index is 1.71. The van der Waals surface area contributed by atoms with Crippen molar-refractivity contribution in [3.63, 3.8) is 0 Å². The second-order valence-corrected chi connectivity index (χ2v) is 7.74. The zero-order chi connectivity index (χ0) is 18.7. The van der Waals surface area contributed by atoms with Crippen LogP contribution in [-0.4, -0.2) is 22.6 Å². The van der Waals surface area contributed by atoms with Gasteiger partial charge in [-0.05, 0) is 70.9 Å². The fourth-order valence-electron chi connectivity index (χ4n) is 2.49. The lowest BCUT2D eigenvalue weighted by Gasteiger charge is -2.09. The highest BCUT2D eigenvalue weighted by Crippen LogP contribution is 2.33. The van der Waals surface area contributed by atoms with E-state index in [0.717, 1.165) is 33.1 Å². The SMILES string of the molecule is CCN1C(=O)S/C(=C\c2ccc(OCc3ccc(C)cc3)c(Br)c2)C1=O. The Bertz CT molecular complexity index is 877. The summed E-state index contributed by atoms with van der Waals surface area (Å²) in [7, 11) is 0. The van der Waals surface area contributed by atoms with Gasteiger partial charge in [-0.3, -0.25) is 14.5 Å². The minimum Gasteiger partial charge on any atom is -0.488 e. The van der Waals surface area contributed by atoms with E-state index in [0.29, 0.717) is 18.1 Å². The van der Waals surface area contributed by atoms with Crippen molar-refractivity contribution in [2.75, 3.05) is 6.54 Å². The first-order valence-corrected chi connectivity index (χ1v) is 9.82. The summed E-state index contributed by atoms with van der Waals surface area (Å²) >= 11 is 4.48. The number of hydrogen-bond donors (Lipinski definition) is 0. The van der Waals surface area contributed by atoms with Gasteiger partial charge in [0.05, 0.1) is 9.38 Å².